The fourth-order valence-electron chi connectivity index (χ4n) is 5.41. The Bertz CT molecular complexity index is 1470. The summed E-state index contributed by atoms with van der Waals surface area (Å²) in [7, 11) is 0. The Morgan fingerprint density at radius 1 is 1.14 bits per heavy atom. The number of thiophene rings is 2. The van der Waals surface area contributed by atoms with Gasteiger partial charge in [-0.25, -0.2) is 0 Å². The summed E-state index contributed by atoms with van der Waals surface area (Å²) in [6, 6.07) is 14.3. The van der Waals surface area contributed by atoms with Gasteiger partial charge < -0.3 is 27.8 Å². The predicted molar refractivity (Wildman–Crippen MR) is 146 cm³/mol. The zero-order chi connectivity index (χ0) is 25.0. The van der Waals surface area contributed by atoms with Crippen molar-refractivity contribution in [3.8, 4) is 10.4 Å². The van der Waals surface area contributed by atoms with Crippen LogP contribution in [-0.4, -0.2) is 30.8 Å². The molecule has 3 heterocycles. The van der Waals surface area contributed by atoms with Crippen molar-refractivity contribution in [1.29, 1.82) is 0 Å². The van der Waals surface area contributed by atoms with Crippen LogP contribution < -0.4 is 27.8 Å². The second kappa shape index (κ2) is 8.79. The predicted octanol–water partition coefficient (Wildman–Crippen LogP) is 3.48. The van der Waals surface area contributed by atoms with Gasteiger partial charge in [0.1, 0.15) is 5.54 Å². The van der Waals surface area contributed by atoms with Crippen molar-refractivity contribution >= 4 is 50.1 Å². The number of carbonyl (C=O) groups is 2. The van der Waals surface area contributed by atoms with Gasteiger partial charge in [-0.2, -0.15) is 0 Å². The number of hydrogen-bond acceptors (Lipinski definition) is 8. The molecule has 1 aliphatic carbocycles. The van der Waals surface area contributed by atoms with E-state index in [2.05, 4.69) is 16.7 Å². The van der Waals surface area contributed by atoms with Gasteiger partial charge in [0.05, 0.1) is 15.6 Å². The molecule has 2 aliphatic rings. The van der Waals surface area contributed by atoms with Gasteiger partial charge in [0.25, 0.3) is 5.91 Å². The van der Waals surface area contributed by atoms with Crippen molar-refractivity contribution in [2.45, 2.75) is 30.5 Å². The van der Waals surface area contributed by atoms with E-state index in [0.29, 0.717) is 27.3 Å². The number of carbonyl (C=O) groups excluding carboxylic acids is 2. The van der Waals surface area contributed by atoms with E-state index >= 15 is 0 Å². The number of anilines is 1. The number of nitrogen functional groups attached to an aromatic ring is 1. The molecule has 1 aliphatic heterocycles. The lowest BCUT2D eigenvalue weighted by Gasteiger charge is -2.36. The van der Waals surface area contributed by atoms with E-state index in [1.165, 1.54) is 11.3 Å². The molecule has 184 valence electrons. The molecule has 0 spiro atoms. The highest BCUT2D eigenvalue weighted by molar-refractivity contribution is 7.21. The Labute approximate surface area is 216 Å². The number of benzene rings is 2. The fraction of sp³-hybridized carbons (Fsp3) is 0.259. The summed E-state index contributed by atoms with van der Waals surface area (Å²) < 4.78 is 0.738. The molecule has 9 heteroatoms. The van der Waals surface area contributed by atoms with E-state index in [-0.39, 0.29) is 17.7 Å². The zero-order valence-electron chi connectivity index (χ0n) is 19.5. The first kappa shape index (κ1) is 23.3. The lowest BCUT2D eigenvalue weighted by Crippen LogP contribution is -2.52. The summed E-state index contributed by atoms with van der Waals surface area (Å²) in [6.45, 7) is 1.67. The second-order valence-corrected chi connectivity index (χ2v) is 11.4. The summed E-state index contributed by atoms with van der Waals surface area (Å²) in [5.41, 5.74) is 21.9. The molecule has 1 amide bonds. The van der Waals surface area contributed by atoms with E-state index in [9.17, 15) is 9.59 Å². The van der Waals surface area contributed by atoms with Crippen molar-refractivity contribution in [2.24, 2.45) is 11.5 Å². The molecule has 2 aromatic carbocycles. The van der Waals surface area contributed by atoms with Crippen LogP contribution in [0.3, 0.4) is 0 Å². The summed E-state index contributed by atoms with van der Waals surface area (Å²) in [4.78, 5) is 28.8. The van der Waals surface area contributed by atoms with Crippen LogP contribution in [0.15, 0.2) is 53.9 Å². The number of amides is 1. The number of hydrogen-bond donors (Lipinski definition) is 5. The average molecular weight is 518 g/mol. The molecule has 0 bridgehead atoms. The average Bonchev–Trinajstić information content (AvgIpc) is 3.57. The zero-order valence-corrected chi connectivity index (χ0v) is 21.2. The van der Waals surface area contributed by atoms with Crippen molar-refractivity contribution < 1.29 is 9.59 Å². The second-order valence-electron chi connectivity index (χ2n) is 9.47. The van der Waals surface area contributed by atoms with Gasteiger partial charge in [-0.3, -0.25) is 9.59 Å². The third-order valence-electron chi connectivity index (χ3n) is 7.30. The molecule has 6 rings (SSSR count). The van der Waals surface area contributed by atoms with Crippen LogP contribution in [0.2, 0.25) is 0 Å². The van der Waals surface area contributed by atoms with Gasteiger partial charge in [0.2, 0.25) is 0 Å². The molecular weight excluding hydrogens is 490 g/mol. The molecule has 8 N–H and O–H groups in total. The van der Waals surface area contributed by atoms with Crippen LogP contribution >= 0.6 is 22.7 Å². The van der Waals surface area contributed by atoms with E-state index in [1.54, 1.807) is 23.5 Å². The molecule has 0 radical (unpaired) electrons. The molecule has 2 aromatic heterocycles. The van der Waals surface area contributed by atoms with E-state index in [4.69, 9.17) is 17.2 Å². The van der Waals surface area contributed by atoms with E-state index < -0.39 is 11.6 Å². The molecule has 36 heavy (non-hydrogen) atoms. The van der Waals surface area contributed by atoms with Crippen LogP contribution in [-0.2, 0) is 10.3 Å². The number of ketones is 1. The molecule has 0 saturated carbocycles. The lowest BCUT2D eigenvalue weighted by molar-refractivity contribution is -0.124. The van der Waals surface area contributed by atoms with Gasteiger partial charge in [-0.1, -0.05) is 36.4 Å². The van der Waals surface area contributed by atoms with Gasteiger partial charge in [-0.15, -0.1) is 22.7 Å². The van der Waals surface area contributed by atoms with E-state index in [0.717, 1.165) is 46.5 Å². The number of rotatable bonds is 4. The minimum absolute atomic E-state index is 0.0338. The maximum Gasteiger partial charge on any atom is 0.262 e. The standard InChI is InChI=1S/C27H27N5O2S2/c28-18-10-9-17-20-21(24(36-23(18)20)26(34)32-16-3-1-11-31-13-16)22(29)25(33)27(17,30)15-7-5-14(6-8-15)19-4-2-12-35-19/h2,4-10,12,16,22,31H,1,3,11,13,28-30H2,(H,32,34). The van der Waals surface area contributed by atoms with Crippen LogP contribution in [0.25, 0.3) is 20.5 Å². The molecule has 1 fully saturated rings. The molecule has 7 nitrogen and oxygen atoms in total. The SMILES string of the molecule is Nc1ccc2c3c(c(C(=O)NC4CCCNC4)sc13)C(N)C(=O)C2(N)c1ccc(-c2cccs2)cc1. The molecule has 3 unspecified atom stereocenters. The third-order valence-corrected chi connectivity index (χ3v) is 9.47. The van der Waals surface area contributed by atoms with Crippen LogP contribution in [0, 0.1) is 0 Å². The molecule has 3 atom stereocenters. The Hall–Kier alpha value is -3.08. The Kier molecular flexibility index (Phi) is 5.70. The van der Waals surface area contributed by atoms with Crippen LogP contribution in [0.4, 0.5) is 5.69 Å². The van der Waals surface area contributed by atoms with Gasteiger partial charge >= 0.3 is 0 Å². The number of nitrogens with two attached hydrogens (primary N) is 3. The topological polar surface area (TPSA) is 136 Å². The smallest absolute Gasteiger partial charge is 0.262 e. The highest BCUT2D eigenvalue weighted by atomic mass is 32.1. The number of Topliss-reactive ketones (excluding diaryl/α,β-unsaturated/α-hetero) is 1. The summed E-state index contributed by atoms with van der Waals surface area (Å²) in [6.07, 6.45) is 1.91. The van der Waals surface area contributed by atoms with Crippen molar-refractivity contribution in [3.05, 3.63) is 75.5 Å². The Balaban J connectivity index is 1.47. The maximum atomic E-state index is 13.9. The molecular formula is C27H27N5O2S2. The minimum Gasteiger partial charge on any atom is -0.398 e. The van der Waals surface area contributed by atoms with E-state index in [1.807, 2.05) is 35.7 Å². The normalized spacial score (nSPS) is 23.7. The minimum atomic E-state index is -1.45. The Morgan fingerprint density at radius 2 is 1.94 bits per heavy atom. The summed E-state index contributed by atoms with van der Waals surface area (Å²) in [5, 5.41) is 9.17. The van der Waals surface area contributed by atoms with Gasteiger partial charge in [0, 0.05) is 34.1 Å². The van der Waals surface area contributed by atoms with Crippen LogP contribution in [0.5, 0.6) is 0 Å². The summed E-state index contributed by atoms with van der Waals surface area (Å²) >= 11 is 2.94. The highest BCUT2D eigenvalue weighted by Crippen LogP contribution is 2.49. The first-order valence-electron chi connectivity index (χ1n) is 12.0. The van der Waals surface area contributed by atoms with Crippen molar-refractivity contribution in [1.82, 2.24) is 10.6 Å². The first-order valence-corrected chi connectivity index (χ1v) is 13.7. The highest BCUT2D eigenvalue weighted by Gasteiger charge is 2.48. The van der Waals surface area contributed by atoms with Gasteiger partial charge in [-0.05, 0) is 53.6 Å². The Morgan fingerprint density at radius 3 is 2.64 bits per heavy atom. The number of nitrogens with one attached hydrogen (secondary N) is 2. The quantitative estimate of drug-likeness (QED) is 0.263. The first-order chi connectivity index (χ1) is 17.4. The van der Waals surface area contributed by atoms with Gasteiger partial charge in [0.15, 0.2) is 5.78 Å². The van der Waals surface area contributed by atoms with Crippen molar-refractivity contribution in [2.75, 3.05) is 18.8 Å². The van der Waals surface area contributed by atoms with Crippen molar-refractivity contribution in [3.63, 3.8) is 0 Å². The fourth-order valence-corrected chi connectivity index (χ4v) is 7.35. The number of piperidine rings is 1. The lowest BCUT2D eigenvalue weighted by atomic mass is 9.70. The molecule has 4 aromatic rings. The monoisotopic (exact) mass is 517 g/mol. The maximum absolute atomic E-state index is 13.9. The largest absolute Gasteiger partial charge is 0.398 e. The third kappa shape index (κ3) is 3.50. The summed E-state index contributed by atoms with van der Waals surface area (Å²) in [5.74, 6) is -0.560. The van der Waals surface area contributed by atoms with Crippen LogP contribution in [0.1, 0.15) is 45.2 Å². The molecule has 1 saturated heterocycles.